The summed E-state index contributed by atoms with van der Waals surface area (Å²) in [5, 5.41) is 10.00. The summed E-state index contributed by atoms with van der Waals surface area (Å²) >= 11 is 3.47. The Labute approximate surface area is 100.0 Å². The van der Waals surface area contributed by atoms with Crippen LogP contribution in [0.4, 0.5) is 0 Å². The molecule has 2 heteroatoms. The molecule has 0 amide bonds. The van der Waals surface area contributed by atoms with E-state index in [-0.39, 0.29) is 6.10 Å². The summed E-state index contributed by atoms with van der Waals surface area (Å²) in [6, 6.07) is 5.94. The van der Waals surface area contributed by atoms with Crippen molar-refractivity contribution in [2.24, 2.45) is 0 Å². The Morgan fingerprint density at radius 1 is 1.53 bits per heavy atom. The molecular weight excluding hydrogens is 252 g/mol. The Morgan fingerprint density at radius 3 is 2.93 bits per heavy atom. The van der Waals surface area contributed by atoms with Crippen LogP contribution in [0.25, 0.3) is 0 Å². The zero-order valence-corrected chi connectivity index (χ0v) is 10.6. The predicted octanol–water partition coefficient (Wildman–Crippen LogP) is 4.15. The van der Waals surface area contributed by atoms with Gasteiger partial charge in [-0.05, 0) is 43.4 Å². The van der Waals surface area contributed by atoms with Crippen LogP contribution in [0, 0.1) is 6.92 Å². The average molecular weight is 269 g/mol. The van der Waals surface area contributed by atoms with E-state index < -0.39 is 0 Å². The number of aliphatic hydroxyl groups is 1. The minimum absolute atomic E-state index is 0.359. The van der Waals surface area contributed by atoms with Crippen LogP contribution >= 0.6 is 15.9 Å². The van der Waals surface area contributed by atoms with E-state index in [9.17, 15) is 5.11 Å². The Morgan fingerprint density at radius 2 is 2.27 bits per heavy atom. The molecule has 1 nitrogen and oxygen atoms in total. The Balaban J connectivity index is 2.68. The van der Waals surface area contributed by atoms with Gasteiger partial charge in [0.15, 0.2) is 0 Å². The highest BCUT2D eigenvalue weighted by molar-refractivity contribution is 9.10. The molecule has 0 saturated heterocycles. The molecule has 1 unspecified atom stereocenters. The van der Waals surface area contributed by atoms with E-state index in [0.29, 0.717) is 0 Å². The molecule has 1 aromatic rings. The molecule has 0 aliphatic heterocycles. The van der Waals surface area contributed by atoms with Gasteiger partial charge in [0.2, 0.25) is 0 Å². The normalized spacial score (nSPS) is 12.5. The van der Waals surface area contributed by atoms with Crippen molar-refractivity contribution in [3.63, 3.8) is 0 Å². The summed E-state index contributed by atoms with van der Waals surface area (Å²) in [6.45, 7) is 5.70. The largest absolute Gasteiger partial charge is 0.388 e. The number of allylic oxidation sites excluding steroid dienone is 1. The quantitative estimate of drug-likeness (QED) is 0.629. The number of hydrogen-bond donors (Lipinski definition) is 1. The summed E-state index contributed by atoms with van der Waals surface area (Å²) in [4.78, 5) is 0. The average Bonchev–Trinajstić information content (AvgIpc) is 2.22. The van der Waals surface area contributed by atoms with Crippen LogP contribution in [0.2, 0.25) is 0 Å². The van der Waals surface area contributed by atoms with Gasteiger partial charge in [0.1, 0.15) is 0 Å². The van der Waals surface area contributed by atoms with Crippen molar-refractivity contribution in [2.75, 3.05) is 0 Å². The third kappa shape index (κ3) is 3.47. The maximum atomic E-state index is 10.00. The van der Waals surface area contributed by atoms with Crippen LogP contribution in [0.5, 0.6) is 0 Å². The zero-order chi connectivity index (χ0) is 11.3. The van der Waals surface area contributed by atoms with E-state index >= 15 is 0 Å². The zero-order valence-electron chi connectivity index (χ0n) is 9.04. The first-order chi connectivity index (χ1) is 7.16. The van der Waals surface area contributed by atoms with Gasteiger partial charge in [0.05, 0.1) is 6.10 Å². The fourth-order valence-electron chi connectivity index (χ4n) is 1.60. The first-order valence-corrected chi connectivity index (χ1v) is 6.00. The van der Waals surface area contributed by atoms with Gasteiger partial charge in [-0.3, -0.25) is 0 Å². The van der Waals surface area contributed by atoms with Crippen LogP contribution in [0.1, 0.15) is 36.5 Å². The fourth-order valence-corrected chi connectivity index (χ4v) is 1.98. The van der Waals surface area contributed by atoms with E-state index in [0.717, 1.165) is 34.9 Å². The minimum Gasteiger partial charge on any atom is -0.388 e. The number of unbranched alkanes of at least 4 members (excludes halogenated alkanes) is 1. The first kappa shape index (κ1) is 12.5. The predicted molar refractivity (Wildman–Crippen MR) is 67.9 cm³/mol. The van der Waals surface area contributed by atoms with Crippen molar-refractivity contribution in [2.45, 2.75) is 32.3 Å². The molecule has 82 valence electrons. The molecule has 0 aromatic heterocycles. The molecule has 1 aromatic carbocycles. The molecule has 0 spiro atoms. The minimum atomic E-state index is -0.359. The maximum Gasteiger partial charge on any atom is 0.0793 e. The second-order valence-corrected chi connectivity index (χ2v) is 4.54. The second kappa shape index (κ2) is 6.09. The van der Waals surface area contributed by atoms with Gasteiger partial charge in [0, 0.05) is 4.47 Å². The summed E-state index contributed by atoms with van der Waals surface area (Å²) in [5.41, 5.74) is 2.15. The van der Waals surface area contributed by atoms with Crippen molar-refractivity contribution in [1.29, 1.82) is 0 Å². The number of rotatable bonds is 5. The number of halogens is 1. The molecule has 0 bridgehead atoms. The summed E-state index contributed by atoms with van der Waals surface area (Å²) in [5.74, 6) is 0. The highest BCUT2D eigenvalue weighted by atomic mass is 79.9. The third-order valence-electron chi connectivity index (χ3n) is 2.55. The van der Waals surface area contributed by atoms with E-state index in [1.165, 1.54) is 0 Å². The van der Waals surface area contributed by atoms with E-state index in [2.05, 4.69) is 22.5 Å². The monoisotopic (exact) mass is 268 g/mol. The number of aliphatic hydroxyl groups excluding tert-OH is 1. The van der Waals surface area contributed by atoms with Crippen molar-refractivity contribution < 1.29 is 5.11 Å². The number of hydrogen-bond acceptors (Lipinski definition) is 1. The first-order valence-electron chi connectivity index (χ1n) is 5.20. The molecule has 1 rings (SSSR count). The van der Waals surface area contributed by atoms with Crippen LogP contribution in [0.15, 0.2) is 35.3 Å². The van der Waals surface area contributed by atoms with Gasteiger partial charge in [0.25, 0.3) is 0 Å². The molecule has 15 heavy (non-hydrogen) atoms. The molecule has 0 aliphatic rings. The van der Waals surface area contributed by atoms with E-state index in [1.807, 2.05) is 31.2 Å². The topological polar surface area (TPSA) is 20.2 Å². The van der Waals surface area contributed by atoms with Crippen molar-refractivity contribution in [1.82, 2.24) is 0 Å². The Hall–Kier alpha value is -0.600. The Bertz CT molecular complexity index is 333. The van der Waals surface area contributed by atoms with Gasteiger partial charge in [-0.2, -0.15) is 0 Å². The van der Waals surface area contributed by atoms with Gasteiger partial charge in [-0.25, -0.2) is 0 Å². The lowest BCUT2D eigenvalue weighted by atomic mass is 9.99. The van der Waals surface area contributed by atoms with Crippen LogP contribution in [-0.2, 0) is 0 Å². The molecular formula is C13H17BrO. The highest BCUT2D eigenvalue weighted by Crippen LogP contribution is 2.27. The third-order valence-corrected chi connectivity index (χ3v) is 3.41. The van der Waals surface area contributed by atoms with Gasteiger partial charge in [-0.1, -0.05) is 34.1 Å². The SMILES string of the molecule is C=CCCCC(O)c1cccc(Br)c1C. The fraction of sp³-hybridized carbons (Fsp3) is 0.385. The van der Waals surface area contributed by atoms with Crippen LogP contribution in [-0.4, -0.2) is 5.11 Å². The van der Waals surface area contributed by atoms with Gasteiger partial charge in [-0.15, -0.1) is 6.58 Å². The lowest BCUT2D eigenvalue weighted by Crippen LogP contribution is -2.00. The maximum absolute atomic E-state index is 10.00. The Kier molecular flexibility index (Phi) is 5.06. The summed E-state index contributed by atoms with van der Waals surface area (Å²) in [7, 11) is 0. The smallest absolute Gasteiger partial charge is 0.0793 e. The summed E-state index contributed by atoms with van der Waals surface area (Å²) < 4.78 is 1.06. The standard InChI is InChI=1S/C13H17BrO/c1-3-4-5-9-13(15)11-7-6-8-12(14)10(11)2/h3,6-8,13,15H,1,4-5,9H2,2H3. The van der Waals surface area contributed by atoms with Crippen molar-refractivity contribution >= 4 is 15.9 Å². The lowest BCUT2D eigenvalue weighted by molar-refractivity contribution is 0.164. The molecule has 0 heterocycles. The van der Waals surface area contributed by atoms with Gasteiger partial charge >= 0.3 is 0 Å². The van der Waals surface area contributed by atoms with Crippen LogP contribution in [0.3, 0.4) is 0 Å². The van der Waals surface area contributed by atoms with Crippen molar-refractivity contribution in [3.05, 3.63) is 46.5 Å². The van der Waals surface area contributed by atoms with E-state index in [4.69, 9.17) is 0 Å². The molecule has 1 N–H and O–H groups in total. The summed E-state index contributed by atoms with van der Waals surface area (Å²) in [6.07, 6.45) is 4.27. The molecule has 0 fully saturated rings. The highest BCUT2D eigenvalue weighted by Gasteiger charge is 2.10. The molecule has 0 radical (unpaired) electrons. The second-order valence-electron chi connectivity index (χ2n) is 3.69. The van der Waals surface area contributed by atoms with Crippen molar-refractivity contribution in [3.8, 4) is 0 Å². The van der Waals surface area contributed by atoms with Gasteiger partial charge < -0.3 is 5.11 Å². The van der Waals surface area contributed by atoms with Crippen LogP contribution < -0.4 is 0 Å². The molecule has 0 saturated carbocycles. The molecule has 1 atom stereocenters. The molecule has 0 aliphatic carbocycles. The van der Waals surface area contributed by atoms with E-state index in [1.54, 1.807) is 0 Å². The lowest BCUT2D eigenvalue weighted by Gasteiger charge is -2.14. The number of benzene rings is 1.